The summed E-state index contributed by atoms with van der Waals surface area (Å²) >= 11 is 3.20. The van der Waals surface area contributed by atoms with E-state index in [0.717, 1.165) is 13.1 Å². The van der Waals surface area contributed by atoms with Crippen LogP contribution in [-0.2, 0) is 16.0 Å². The molecule has 0 bridgehead atoms. The number of carbonyl (C=O) groups is 1. The molecule has 0 spiro atoms. The maximum atomic E-state index is 12.4. The Morgan fingerprint density at radius 3 is 2.64 bits per heavy atom. The number of rotatable bonds is 4. The summed E-state index contributed by atoms with van der Waals surface area (Å²) in [6.07, 6.45) is -4.34. The molecule has 2 rings (SSSR count). The van der Waals surface area contributed by atoms with Crippen LogP contribution in [0.5, 0.6) is 0 Å². The van der Waals surface area contributed by atoms with Gasteiger partial charge in [0.15, 0.2) is 0 Å². The third-order valence-corrected chi connectivity index (χ3v) is 3.87. The van der Waals surface area contributed by atoms with E-state index < -0.39 is 12.1 Å². The Morgan fingerprint density at radius 2 is 2.00 bits per heavy atom. The lowest BCUT2D eigenvalue weighted by molar-refractivity contribution is -0.167. The molecule has 1 aromatic carbocycles. The van der Waals surface area contributed by atoms with Crippen molar-refractivity contribution in [2.75, 3.05) is 38.2 Å². The van der Waals surface area contributed by atoms with Gasteiger partial charge in [0.2, 0.25) is 0 Å². The van der Waals surface area contributed by atoms with Gasteiger partial charge in [-0.1, -0.05) is 22.0 Å². The van der Waals surface area contributed by atoms with Crippen LogP contribution in [0.4, 0.5) is 18.9 Å². The van der Waals surface area contributed by atoms with Gasteiger partial charge < -0.3 is 10.1 Å². The summed E-state index contributed by atoms with van der Waals surface area (Å²) in [6.45, 7) is 3.65. The van der Waals surface area contributed by atoms with Gasteiger partial charge in [0, 0.05) is 29.8 Å². The van der Waals surface area contributed by atoms with Crippen molar-refractivity contribution in [1.29, 1.82) is 0 Å². The van der Waals surface area contributed by atoms with Gasteiger partial charge in [0.05, 0.1) is 13.2 Å². The minimum Gasteiger partial charge on any atom is -0.379 e. The van der Waals surface area contributed by atoms with Crippen LogP contribution >= 0.6 is 15.9 Å². The molecule has 1 heterocycles. The highest BCUT2D eigenvalue weighted by atomic mass is 79.9. The highest BCUT2D eigenvalue weighted by Gasteiger charge is 2.38. The Morgan fingerprint density at radius 1 is 1.32 bits per heavy atom. The van der Waals surface area contributed by atoms with Crippen molar-refractivity contribution in [3.63, 3.8) is 0 Å². The fourth-order valence-electron chi connectivity index (χ4n) is 2.18. The Hall–Kier alpha value is -1.12. The minimum atomic E-state index is -4.90. The molecule has 1 aromatic rings. The van der Waals surface area contributed by atoms with Crippen molar-refractivity contribution in [2.24, 2.45) is 0 Å². The van der Waals surface area contributed by atoms with Gasteiger partial charge in [0.1, 0.15) is 0 Å². The Labute approximate surface area is 134 Å². The summed E-state index contributed by atoms with van der Waals surface area (Å²) in [5, 5.41) is 1.94. The van der Waals surface area contributed by atoms with E-state index in [9.17, 15) is 18.0 Å². The number of nitrogens with one attached hydrogen (secondary N) is 1. The van der Waals surface area contributed by atoms with Crippen molar-refractivity contribution in [2.45, 2.75) is 12.6 Å². The van der Waals surface area contributed by atoms with Crippen LogP contribution in [0.25, 0.3) is 0 Å². The van der Waals surface area contributed by atoms with E-state index in [-0.39, 0.29) is 5.69 Å². The molecule has 0 radical (unpaired) electrons. The number of amides is 1. The smallest absolute Gasteiger partial charge is 0.379 e. The van der Waals surface area contributed by atoms with E-state index in [1.807, 2.05) is 5.32 Å². The molecule has 4 nitrogen and oxygen atoms in total. The lowest BCUT2D eigenvalue weighted by Crippen LogP contribution is -2.37. The number of halogens is 4. The number of morpholine rings is 1. The Bertz CT molecular complexity index is 531. The zero-order valence-electron chi connectivity index (χ0n) is 11.8. The average Bonchev–Trinajstić information content (AvgIpc) is 2.46. The monoisotopic (exact) mass is 380 g/mol. The zero-order chi connectivity index (χ0) is 16.2. The molecule has 0 saturated carbocycles. The van der Waals surface area contributed by atoms with E-state index in [0.29, 0.717) is 36.2 Å². The highest BCUT2D eigenvalue weighted by Crippen LogP contribution is 2.25. The molecule has 1 fully saturated rings. The first-order valence-corrected chi connectivity index (χ1v) is 7.62. The summed E-state index contributed by atoms with van der Waals surface area (Å²) in [4.78, 5) is 13.3. The number of anilines is 1. The van der Waals surface area contributed by atoms with Crippen molar-refractivity contribution in [3.8, 4) is 0 Å². The first kappa shape index (κ1) is 17.2. The third kappa shape index (κ3) is 4.96. The van der Waals surface area contributed by atoms with E-state index in [1.54, 1.807) is 12.1 Å². The number of ether oxygens (including phenoxy) is 1. The Kier molecular flexibility index (Phi) is 5.82. The largest absolute Gasteiger partial charge is 0.471 e. The van der Waals surface area contributed by atoms with E-state index >= 15 is 0 Å². The van der Waals surface area contributed by atoms with Crippen LogP contribution in [0.1, 0.15) is 5.56 Å². The maximum absolute atomic E-state index is 12.4. The molecule has 1 amide bonds. The second kappa shape index (κ2) is 7.43. The SMILES string of the molecule is O=C(Nc1cc(Br)ccc1CCN1CCOCC1)C(F)(F)F. The van der Waals surface area contributed by atoms with Gasteiger partial charge in [-0.2, -0.15) is 13.2 Å². The maximum Gasteiger partial charge on any atom is 0.471 e. The summed E-state index contributed by atoms with van der Waals surface area (Å²) < 4.78 is 43.1. The van der Waals surface area contributed by atoms with Gasteiger partial charge in [0.25, 0.3) is 0 Å². The van der Waals surface area contributed by atoms with Gasteiger partial charge in [-0.25, -0.2) is 0 Å². The topological polar surface area (TPSA) is 41.6 Å². The fourth-order valence-corrected chi connectivity index (χ4v) is 2.54. The van der Waals surface area contributed by atoms with Crippen LogP contribution in [0, 0.1) is 0 Å². The summed E-state index contributed by atoms with van der Waals surface area (Å²) in [5.74, 6) is -1.96. The number of nitrogens with zero attached hydrogens (tertiary/aromatic N) is 1. The summed E-state index contributed by atoms with van der Waals surface area (Å²) in [6, 6.07) is 4.95. The third-order valence-electron chi connectivity index (χ3n) is 3.38. The standard InChI is InChI=1S/C14H16BrF3N2O2/c15-11-2-1-10(3-4-20-5-7-22-8-6-20)12(9-11)19-13(21)14(16,17)18/h1-2,9H,3-8H2,(H,19,21). The molecular formula is C14H16BrF3N2O2. The first-order chi connectivity index (χ1) is 10.4. The normalized spacial score (nSPS) is 16.5. The second-order valence-corrected chi connectivity index (χ2v) is 5.87. The number of hydrogen-bond donors (Lipinski definition) is 1. The molecule has 0 unspecified atom stereocenters. The van der Waals surface area contributed by atoms with E-state index in [2.05, 4.69) is 20.8 Å². The van der Waals surface area contributed by atoms with E-state index in [4.69, 9.17) is 4.74 Å². The molecule has 1 saturated heterocycles. The quantitative estimate of drug-likeness (QED) is 0.872. The minimum absolute atomic E-state index is 0.185. The van der Waals surface area contributed by atoms with Crippen molar-refractivity contribution >= 4 is 27.5 Å². The number of alkyl halides is 3. The number of carbonyl (C=O) groups excluding carboxylic acids is 1. The molecule has 0 aliphatic carbocycles. The molecule has 0 aromatic heterocycles. The zero-order valence-corrected chi connectivity index (χ0v) is 13.3. The molecule has 22 heavy (non-hydrogen) atoms. The predicted molar refractivity (Wildman–Crippen MR) is 79.8 cm³/mol. The first-order valence-electron chi connectivity index (χ1n) is 6.83. The van der Waals surface area contributed by atoms with Gasteiger partial charge in [-0.15, -0.1) is 0 Å². The lowest BCUT2D eigenvalue weighted by Gasteiger charge is -2.26. The molecule has 1 N–H and O–H groups in total. The van der Waals surface area contributed by atoms with Crippen molar-refractivity contribution in [3.05, 3.63) is 28.2 Å². The summed E-state index contributed by atoms with van der Waals surface area (Å²) in [5.41, 5.74) is 0.859. The van der Waals surface area contributed by atoms with Crippen LogP contribution < -0.4 is 5.32 Å². The second-order valence-electron chi connectivity index (χ2n) is 4.96. The van der Waals surface area contributed by atoms with Crippen molar-refractivity contribution < 1.29 is 22.7 Å². The molecule has 1 aliphatic heterocycles. The van der Waals surface area contributed by atoms with Crippen LogP contribution in [0.15, 0.2) is 22.7 Å². The average molecular weight is 381 g/mol. The van der Waals surface area contributed by atoms with E-state index in [1.165, 1.54) is 6.07 Å². The predicted octanol–water partition coefficient (Wildman–Crippen LogP) is 2.82. The summed E-state index contributed by atoms with van der Waals surface area (Å²) in [7, 11) is 0. The van der Waals surface area contributed by atoms with Crippen LogP contribution in [-0.4, -0.2) is 49.8 Å². The number of benzene rings is 1. The van der Waals surface area contributed by atoms with Crippen LogP contribution in [0.2, 0.25) is 0 Å². The van der Waals surface area contributed by atoms with Crippen molar-refractivity contribution in [1.82, 2.24) is 4.90 Å². The molecule has 1 aliphatic rings. The van der Waals surface area contributed by atoms with Crippen LogP contribution in [0.3, 0.4) is 0 Å². The molecule has 122 valence electrons. The van der Waals surface area contributed by atoms with Gasteiger partial charge in [-0.3, -0.25) is 9.69 Å². The highest BCUT2D eigenvalue weighted by molar-refractivity contribution is 9.10. The Balaban J connectivity index is 2.05. The molecule has 0 atom stereocenters. The van der Waals surface area contributed by atoms with Gasteiger partial charge in [-0.05, 0) is 24.1 Å². The lowest BCUT2D eigenvalue weighted by atomic mass is 10.1. The number of hydrogen-bond acceptors (Lipinski definition) is 3. The molecular weight excluding hydrogens is 365 g/mol. The fraction of sp³-hybridized carbons (Fsp3) is 0.500. The molecule has 8 heteroatoms. The van der Waals surface area contributed by atoms with Gasteiger partial charge >= 0.3 is 12.1 Å².